The van der Waals surface area contributed by atoms with Crippen LogP contribution in [0.5, 0.6) is 0 Å². The molecule has 1 fully saturated rings. The summed E-state index contributed by atoms with van der Waals surface area (Å²) in [4.78, 5) is 24.4. The lowest BCUT2D eigenvalue weighted by atomic mass is 10.3. The van der Waals surface area contributed by atoms with Gasteiger partial charge in [-0.3, -0.25) is 15.2 Å². The number of hydrogen-bond donors (Lipinski definition) is 3. The summed E-state index contributed by atoms with van der Waals surface area (Å²) >= 11 is 0. The standard InChI is InChI=1S/C13H22N6O2/c1-2-15-13(21)17-11-9-14-10-12(16-11)19-5-3-18(4-6-19)7-8-20/h9-10,20H,2-8H2,1H3,(H2,15,16,17,21). The molecule has 0 radical (unpaired) electrons. The van der Waals surface area contributed by atoms with Crippen LogP contribution < -0.4 is 15.5 Å². The summed E-state index contributed by atoms with van der Waals surface area (Å²) in [5.41, 5.74) is 0. The van der Waals surface area contributed by atoms with Crippen molar-refractivity contribution < 1.29 is 9.90 Å². The predicted molar refractivity (Wildman–Crippen MR) is 80.5 cm³/mol. The Hall–Kier alpha value is -1.93. The van der Waals surface area contributed by atoms with Crippen LogP contribution in [0.1, 0.15) is 6.92 Å². The number of anilines is 2. The molecule has 2 heterocycles. The van der Waals surface area contributed by atoms with Crippen molar-refractivity contribution in [2.24, 2.45) is 0 Å². The number of piperazine rings is 1. The van der Waals surface area contributed by atoms with Gasteiger partial charge in [0.1, 0.15) is 5.82 Å². The van der Waals surface area contributed by atoms with Crippen LogP contribution in [0.4, 0.5) is 16.4 Å². The predicted octanol–water partition coefficient (Wildman–Crippen LogP) is -0.268. The molecular formula is C13H22N6O2. The molecule has 0 aliphatic carbocycles. The highest BCUT2D eigenvalue weighted by Gasteiger charge is 2.18. The fourth-order valence-corrected chi connectivity index (χ4v) is 2.23. The van der Waals surface area contributed by atoms with E-state index in [1.165, 1.54) is 6.20 Å². The minimum Gasteiger partial charge on any atom is -0.395 e. The number of rotatable bonds is 5. The molecule has 1 aliphatic heterocycles. The third-order valence-electron chi connectivity index (χ3n) is 3.31. The summed E-state index contributed by atoms with van der Waals surface area (Å²) in [7, 11) is 0. The average Bonchev–Trinajstić information content (AvgIpc) is 2.49. The third kappa shape index (κ3) is 4.54. The van der Waals surface area contributed by atoms with Gasteiger partial charge in [-0.2, -0.15) is 0 Å². The highest BCUT2D eigenvalue weighted by Crippen LogP contribution is 2.14. The highest BCUT2D eigenvalue weighted by molar-refractivity contribution is 5.88. The smallest absolute Gasteiger partial charge is 0.320 e. The Balaban J connectivity index is 1.93. The first-order valence-corrected chi connectivity index (χ1v) is 7.18. The van der Waals surface area contributed by atoms with E-state index >= 15 is 0 Å². The van der Waals surface area contributed by atoms with Gasteiger partial charge in [-0.1, -0.05) is 0 Å². The Labute approximate surface area is 124 Å². The van der Waals surface area contributed by atoms with E-state index in [0.717, 1.165) is 32.0 Å². The van der Waals surface area contributed by atoms with Crippen molar-refractivity contribution in [2.75, 3.05) is 56.1 Å². The van der Waals surface area contributed by atoms with Crippen molar-refractivity contribution >= 4 is 17.7 Å². The van der Waals surface area contributed by atoms with E-state index in [2.05, 4.69) is 30.4 Å². The zero-order chi connectivity index (χ0) is 15.1. The van der Waals surface area contributed by atoms with E-state index in [1.807, 2.05) is 6.92 Å². The number of nitrogens with one attached hydrogen (secondary N) is 2. The molecule has 2 amide bonds. The number of aliphatic hydroxyl groups is 1. The zero-order valence-corrected chi connectivity index (χ0v) is 12.2. The molecule has 0 saturated carbocycles. The highest BCUT2D eigenvalue weighted by atomic mass is 16.3. The van der Waals surface area contributed by atoms with Crippen molar-refractivity contribution in [1.29, 1.82) is 0 Å². The van der Waals surface area contributed by atoms with Gasteiger partial charge in [-0.15, -0.1) is 0 Å². The molecule has 1 aromatic heterocycles. The Morgan fingerprint density at radius 3 is 2.76 bits per heavy atom. The number of carbonyl (C=O) groups is 1. The zero-order valence-electron chi connectivity index (χ0n) is 12.2. The lowest BCUT2D eigenvalue weighted by Crippen LogP contribution is -2.47. The molecule has 1 aliphatic rings. The second-order valence-electron chi connectivity index (χ2n) is 4.80. The van der Waals surface area contributed by atoms with Gasteiger partial charge in [0.15, 0.2) is 5.82 Å². The fraction of sp³-hybridized carbons (Fsp3) is 0.615. The molecule has 0 aromatic carbocycles. The van der Waals surface area contributed by atoms with E-state index in [9.17, 15) is 4.79 Å². The maximum Gasteiger partial charge on any atom is 0.320 e. The normalized spacial score (nSPS) is 15.8. The fourth-order valence-electron chi connectivity index (χ4n) is 2.23. The Morgan fingerprint density at radius 1 is 1.33 bits per heavy atom. The largest absolute Gasteiger partial charge is 0.395 e. The van der Waals surface area contributed by atoms with Gasteiger partial charge < -0.3 is 15.3 Å². The minimum absolute atomic E-state index is 0.186. The van der Waals surface area contributed by atoms with Gasteiger partial charge in [0.2, 0.25) is 0 Å². The molecule has 0 atom stereocenters. The van der Waals surface area contributed by atoms with Gasteiger partial charge in [-0.05, 0) is 6.92 Å². The van der Waals surface area contributed by atoms with Crippen LogP contribution in [-0.4, -0.2) is 71.9 Å². The Morgan fingerprint density at radius 2 is 2.10 bits per heavy atom. The van der Waals surface area contributed by atoms with Crippen molar-refractivity contribution in [3.8, 4) is 0 Å². The summed E-state index contributed by atoms with van der Waals surface area (Å²) in [5, 5.41) is 14.3. The van der Waals surface area contributed by atoms with Gasteiger partial charge in [0.25, 0.3) is 0 Å². The first kappa shape index (κ1) is 15.5. The van der Waals surface area contributed by atoms with Crippen LogP contribution in [0.15, 0.2) is 12.4 Å². The molecule has 3 N–H and O–H groups in total. The van der Waals surface area contributed by atoms with Crippen LogP contribution in [0, 0.1) is 0 Å². The third-order valence-corrected chi connectivity index (χ3v) is 3.31. The Bertz CT molecular complexity index is 462. The van der Waals surface area contributed by atoms with E-state index in [1.54, 1.807) is 6.20 Å². The second-order valence-corrected chi connectivity index (χ2v) is 4.80. The van der Waals surface area contributed by atoms with E-state index in [-0.39, 0.29) is 12.6 Å². The van der Waals surface area contributed by atoms with Crippen molar-refractivity contribution in [3.05, 3.63) is 12.4 Å². The molecule has 1 aromatic rings. The van der Waals surface area contributed by atoms with Crippen molar-refractivity contribution in [1.82, 2.24) is 20.2 Å². The molecule has 0 spiro atoms. The number of nitrogens with zero attached hydrogens (tertiary/aromatic N) is 4. The number of β-amino-alcohol motifs (C(OH)–C–C–N with tert-alkyl or cyclic N) is 1. The summed E-state index contributed by atoms with van der Waals surface area (Å²) in [6, 6.07) is -0.281. The summed E-state index contributed by atoms with van der Waals surface area (Å²) in [6.45, 7) is 6.74. The number of hydrogen-bond acceptors (Lipinski definition) is 6. The maximum absolute atomic E-state index is 11.5. The molecule has 21 heavy (non-hydrogen) atoms. The number of urea groups is 1. The molecule has 8 nitrogen and oxygen atoms in total. The first-order valence-electron chi connectivity index (χ1n) is 7.18. The summed E-state index contributed by atoms with van der Waals surface area (Å²) in [5.74, 6) is 1.20. The molecule has 0 bridgehead atoms. The molecule has 8 heteroatoms. The van der Waals surface area contributed by atoms with Crippen LogP contribution in [0.2, 0.25) is 0 Å². The van der Waals surface area contributed by atoms with Gasteiger partial charge in [0, 0.05) is 39.3 Å². The monoisotopic (exact) mass is 294 g/mol. The number of amides is 2. The molecule has 0 unspecified atom stereocenters. The lowest BCUT2D eigenvalue weighted by Gasteiger charge is -2.34. The first-order chi connectivity index (χ1) is 10.2. The maximum atomic E-state index is 11.5. The topological polar surface area (TPSA) is 93.6 Å². The Kier molecular flexibility index (Phi) is 5.70. The SMILES string of the molecule is CCNC(=O)Nc1cncc(N2CCN(CCO)CC2)n1. The van der Waals surface area contributed by atoms with Crippen LogP contribution in [0.3, 0.4) is 0 Å². The molecule has 2 rings (SSSR count). The summed E-state index contributed by atoms with van der Waals surface area (Å²) in [6.07, 6.45) is 3.23. The molecule has 116 valence electrons. The number of aliphatic hydroxyl groups excluding tert-OH is 1. The van der Waals surface area contributed by atoms with Gasteiger partial charge in [0.05, 0.1) is 19.0 Å². The van der Waals surface area contributed by atoms with E-state index in [4.69, 9.17) is 5.11 Å². The summed E-state index contributed by atoms with van der Waals surface area (Å²) < 4.78 is 0. The molecule has 1 saturated heterocycles. The van der Waals surface area contributed by atoms with Crippen LogP contribution in [-0.2, 0) is 0 Å². The number of aromatic nitrogens is 2. The van der Waals surface area contributed by atoms with Gasteiger partial charge in [-0.25, -0.2) is 9.78 Å². The van der Waals surface area contributed by atoms with Crippen molar-refractivity contribution in [3.63, 3.8) is 0 Å². The van der Waals surface area contributed by atoms with E-state index < -0.39 is 0 Å². The van der Waals surface area contributed by atoms with Crippen molar-refractivity contribution in [2.45, 2.75) is 6.92 Å². The molecular weight excluding hydrogens is 272 g/mol. The number of carbonyl (C=O) groups excluding carboxylic acids is 1. The second kappa shape index (κ2) is 7.75. The lowest BCUT2D eigenvalue weighted by molar-refractivity contribution is 0.188. The minimum atomic E-state index is -0.281. The van der Waals surface area contributed by atoms with Crippen LogP contribution in [0.25, 0.3) is 0 Å². The quantitative estimate of drug-likeness (QED) is 0.692. The van der Waals surface area contributed by atoms with E-state index in [0.29, 0.717) is 18.9 Å². The van der Waals surface area contributed by atoms with Crippen LogP contribution >= 0.6 is 0 Å². The van der Waals surface area contributed by atoms with Gasteiger partial charge >= 0.3 is 6.03 Å². The average molecular weight is 294 g/mol.